The zero-order chi connectivity index (χ0) is 17.3. The summed E-state index contributed by atoms with van der Waals surface area (Å²) in [6.07, 6.45) is 1.66. The number of carbonyl (C=O) groups excluding carboxylic acids is 1. The lowest BCUT2D eigenvalue weighted by Gasteiger charge is -2.54. The molecule has 1 N–H and O–H groups in total. The fourth-order valence-corrected chi connectivity index (χ4v) is 5.17. The van der Waals surface area contributed by atoms with E-state index in [1.54, 1.807) is 11.8 Å². The molecule has 1 saturated carbocycles. The number of fused-ring (bicyclic) bond motifs is 2. The van der Waals surface area contributed by atoms with E-state index in [1.165, 1.54) is 21.3 Å². The topological polar surface area (TPSA) is 65.0 Å². The zero-order valence-electron chi connectivity index (χ0n) is 14.0. The molecule has 0 radical (unpaired) electrons. The van der Waals surface area contributed by atoms with Crippen molar-refractivity contribution in [3.8, 4) is 0 Å². The summed E-state index contributed by atoms with van der Waals surface area (Å²) in [6.45, 7) is 0. The number of carbonyl (C=O) groups is 1. The van der Waals surface area contributed by atoms with Crippen molar-refractivity contribution in [2.24, 2.45) is 11.8 Å². The Bertz CT molecular complexity index is 626. The number of ether oxygens (including phenoxy) is 3. The van der Waals surface area contributed by atoms with Gasteiger partial charge in [0, 0.05) is 41.8 Å². The number of hydrogen-bond acceptors (Lipinski definition) is 6. The quantitative estimate of drug-likeness (QED) is 0.649. The summed E-state index contributed by atoms with van der Waals surface area (Å²) in [7, 11) is 4.36. The summed E-state index contributed by atoms with van der Waals surface area (Å²) in [5, 5.41) is 11.0. The van der Waals surface area contributed by atoms with Crippen LogP contribution in [0.25, 0.3) is 0 Å². The monoisotopic (exact) mass is 350 g/mol. The third-order valence-electron chi connectivity index (χ3n) is 5.00. The molecule has 2 bridgehead atoms. The number of aliphatic hydroxyl groups excluding tert-OH is 1. The third kappa shape index (κ3) is 2.67. The second-order valence-electron chi connectivity index (χ2n) is 6.02. The highest BCUT2D eigenvalue weighted by molar-refractivity contribution is 8.00. The fourth-order valence-electron chi connectivity index (χ4n) is 3.84. The number of thioether (sulfide) groups is 1. The standard InChI is InChI=1S/C18H22O5S/c1-21-17(20)12-9-13-15(24-11-7-5-4-6-8-11)10-14(12)18(22-2,23-3)16(13)19/h4-9,13-16,19H,10H2,1-3H3/t13-,14-,15-,16-/m1/s1. The zero-order valence-corrected chi connectivity index (χ0v) is 14.8. The van der Waals surface area contributed by atoms with Crippen molar-refractivity contribution >= 4 is 17.7 Å². The molecule has 0 spiro atoms. The Morgan fingerprint density at radius 3 is 2.46 bits per heavy atom. The molecule has 6 heteroatoms. The van der Waals surface area contributed by atoms with Crippen LogP contribution >= 0.6 is 11.8 Å². The molecule has 130 valence electrons. The van der Waals surface area contributed by atoms with Gasteiger partial charge >= 0.3 is 5.97 Å². The van der Waals surface area contributed by atoms with Gasteiger partial charge in [0.2, 0.25) is 5.79 Å². The Morgan fingerprint density at radius 2 is 1.88 bits per heavy atom. The third-order valence-corrected chi connectivity index (χ3v) is 6.35. The minimum absolute atomic E-state index is 0.138. The van der Waals surface area contributed by atoms with Crippen LogP contribution in [0.3, 0.4) is 0 Å². The lowest BCUT2D eigenvalue weighted by molar-refractivity contribution is -0.304. The summed E-state index contributed by atoms with van der Waals surface area (Å²) in [5.74, 6) is -2.23. The maximum Gasteiger partial charge on any atom is 0.333 e. The van der Waals surface area contributed by atoms with E-state index >= 15 is 0 Å². The van der Waals surface area contributed by atoms with Crippen LogP contribution in [0.5, 0.6) is 0 Å². The van der Waals surface area contributed by atoms with E-state index in [1.807, 2.05) is 36.4 Å². The molecule has 4 rings (SSSR count). The normalized spacial score (nSPS) is 30.8. The van der Waals surface area contributed by atoms with Crippen molar-refractivity contribution in [1.82, 2.24) is 0 Å². The van der Waals surface area contributed by atoms with Gasteiger partial charge in [-0.25, -0.2) is 4.79 Å². The summed E-state index contributed by atoms with van der Waals surface area (Å²) < 4.78 is 16.0. The van der Waals surface area contributed by atoms with Crippen LogP contribution in [0.4, 0.5) is 0 Å². The first-order valence-electron chi connectivity index (χ1n) is 7.87. The molecule has 0 aromatic heterocycles. The smallest absolute Gasteiger partial charge is 0.333 e. The van der Waals surface area contributed by atoms with Gasteiger partial charge in [-0.1, -0.05) is 24.3 Å². The van der Waals surface area contributed by atoms with Crippen LogP contribution in [0, 0.1) is 11.8 Å². The first-order valence-corrected chi connectivity index (χ1v) is 8.75. The van der Waals surface area contributed by atoms with E-state index in [0.717, 1.165) is 4.90 Å². The van der Waals surface area contributed by atoms with Crippen LogP contribution in [-0.4, -0.2) is 49.5 Å². The van der Waals surface area contributed by atoms with Gasteiger partial charge < -0.3 is 19.3 Å². The minimum Gasteiger partial charge on any atom is -0.466 e. The van der Waals surface area contributed by atoms with Gasteiger partial charge in [0.05, 0.1) is 7.11 Å². The van der Waals surface area contributed by atoms with Crippen molar-refractivity contribution in [1.29, 1.82) is 0 Å². The lowest BCUT2D eigenvalue weighted by Crippen LogP contribution is -2.64. The van der Waals surface area contributed by atoms with Crippen LogP contribution < -0.4 is 0 Å². The molecule has 0 saturated heterocycles. The SMILES string of the molecule is COC(=O)C1=C[C@H]2[C@@H](O)C(OC)(OC)[C@@H]1C[C@H]2Sc1ccccc1. The second-order valence-corrected chi connectivity index (χ2v) is 7.34. The minimum atomic E-state index is -1.21. The summed E-state index contributed by atoms with van der Waals surface area (Å²) in [4.78, 5) is 13.3. The first-order chi connectivity index (χ1) is 11.6. The molecule has 1 aromatic carbocycles. The van der Waals surface area contributed by atoms with E-state index in [0.29, 0.717) is 12.0 Å². The molecule has 0 unspecified atom stereocenters. The van der Waals surface area contributed by atoms with E-state index < -0.39 is 17.9 Å². The van der Waals surface area contributed by atoms with Crippen LogP contribution in [0.2, 0.25) is 0 Å². The van der Waals surface area contributed by atoms with Gasteiger partial charge in [0.25, 0.3) is 0 Å². The number of aliphatic hydroxyl groups is 1. The molecule has 0 amide bonds. The second kappa shape index (κ2) is 6.88. The number of methoxy groups -OCH3 is 3. The van der Waals surface area contributed by atoms with Crippen molar-refractivity contribution < 1.29 is 24.1 Å². The van der Waals surface area contributed by atoms with E-state index in [4.69, 9.17) is 14.2 Å². The van der Waals surface area contributed by atoms with Crippen molar-refractivity contribution in [2.45, 2.75) is 28.5 Å². The van der Waals surface area contributed by atoms with E-state index in [2.05, 4.69) is 0 Å². The molecule has 1 fully saturated rings. The van der Waals surface area contributed by atoms with Crippen molar-refractivity contribution in [3.63, 3.8) is 0 Å². The number of hydrogen-bond donors (Lipinski definition) is 1. The molecule has 3 aliphatic rings. The Hall–Kier alpha value is -1.34. The van der Waals surface area contributed by atoms with E-state index in [9.17, 15) is 9.90 Å². The largest absolute Gasteiger partial charge is 0.466 e. The Labute approximate surface area is 146 Å². The number of esters is 1. The highest BCUT2D eigenvalue weighted by atomic mass is 32.2. The Balaban J connectivity index is 1.95. The van der Waals surface area contributed by atoms with Crippen LogP contribution in [0.1, 0.15) is 6.42 Å². The number of benzene rings is 1. The van der Waals surface area contributed by atoms with Gasteiger partial charge in [-0.2, -0.15) is 0 Å². The predicted octanol–water partition coefficient (Wildman–Crippen LogP) is 2.25. The van der Waals surface area contributed by atoms with Crippen molar-refractivity contribution in [2.75, 3.05) is 21.3 Å². The molecule has 5 nitrogen and oxygen atoms in total. The van der Waals surface area contributed by atoms with Crippen molar-refractivity contribution in [3.05, 3.63) is 42.0 Å². The molecule has 1 aromatic rings. The molecule has 0 aliphatic heterocycles. The van der Waals surface area contributed by atoms with Gasteiger partial charge in [-0.15, -0.1) is 11.8 Å². The molecular weight excluding hydrogens is 328 g/mol. The van der Waals surface area contributed by atoms with Gasteiger partial charge in [0.1, 0.15) is 6.10 Å². The lowest BCUT2D eigenvalue weighted by atomic mass is 9.65. The predicted molar refractivity (Wildman–Crippen MR) is 90.5 cm³/mol. The van der Waals surface area contributed by atoms with Crippen LogP contribution in [-0.2, 0) is 19.0 Å². The first kappa shape index (κ1) is 17.5. The summed E-state index contributed by atoms with van der Waals surface area (Å²) in [5.41, 5.74) is 0.529. The Morgan fingerprint density at radius 1 is 1.21 bits per heavy atom. The summed E-state index contributed by atoms with van der Waals surface area (Å²) >= 11 is 1.71. The molecule has 0 heterocycles. The maximum absolute atomic E-state index is 12.2. The van der Waals surface area contributed by atoms with Crippen LogP contribution in [0.15, 0.2) is 46.9 Å². The molecule has 3 aliphatic carbocycles. The maximum atomic E-state index is 12.2. The van der Waals surface area contributed by atoms with Gasteiger partial charge in [-0.3, -0.25) is 0 Å². The summed E-state index contributed by atoms with van der Waals surface area (Å²) in [6, 6.07) is 10.0. The fraction of sp³-hybridized carbons (Fsp3) is 0.500. The highest BCUT2D eigenvalue weighted by Gasteiger charge is 2.61. The molecule has 4 atom stereocenters. The molecular formula is C18H22O5S. The Kier molecular flexibility index (Phi) is 5.01. The van der Waals surface area contributed by atoms with Gasteiger partial charge in [0.15, 0.2) is 0 Å². The van der Waals surface area contributed by atoms with E-state index in [-0.39, 0.29) is 17.1 Å². The average Bonchev–Trinajstić information content (AvgIpc) is 2.63. The number of rotatable bonds is 5. The van der Waals surface area contributed by atoms with Gasteiger partial charge in [-0.05, 0) is 18.6 Å². The average molecular weight is 350 g/mol. The highest BCUT2D eigenvalue weighted by Crippen LogP contribution is 2.53. The molecule has 24 heavy (non-hydrogen) atoms.